The molecule has 1 N–H and O–H groups in total. The van der Waals surface area contributed by atoms with Crippen LogP contribution in [0.2, 0.25) is 0 Å². The molecule has 1 aliphatic heterocycles. The van der Waals surface area contributed by atoms with Gasteiger partial charge in [-0.3, -0.25) is 9.69 Å². The van der Waals surface area contributed by atoms with Crippen molar-refractivity contribution in [3.63, 3.8) is 0 Å². The van der Waals surface area contributed by atoms with Gasteiger partial charge in [0, 0.05) is 25.2 Å². The van der Waals surface area contributed by atoms with Crippen LogP contribution in [0.5, 0.6) is 5.75 Å². The molecular formula is C21H25FN2O2. The molecule has 1 heterocycles. The second-order valence-electron chi connectivity index (χ2n) is 6.84. The highest BCUT2D eigenvalue weighted by molar-refractivity contribution is 5.77. The molecule has 5 heteroatoms. The van der Waals surface area contributed by atoms with Crippen molar-refractivity contribution in [2.75, 3.05) is 13.2 Å². The number of amides is 1. The molecule has 2 aromatic carbocycles. The molecule has 0 aromatic heterocycles. The molecule has 26 heavy (non-hydrogen) atoms. The van der Waals surface area contributed by atoms with E-state index in [1.54, 1.807) is 0 Å². The van der Waals surface area contributed by atoms with Crippen LogP contribution in [-0.2, 0) is 11.3 Å². The number of hydrogen-bond donors (Lipinski definition) is 1. The number of nitrogens with one attached hydrogen (secondary N) is 1. The fourth-order valence-electron chi connectivity index (χ4n) is 3.35. The monoisotopic (exact) mass is 356 g/mol. The second-order valence-corrected chi connectivity index (χ2v) is 6.84. The molecular weight excluding hydrogens is 331 g/mol. The lowest BCUT2D eigenvalue weighted by Gasteiger charge is -2.38. The zero-order valence-electron chi connectivity index (χ0n) is 15.0. The molecule has 1 saturated heterocycles. The molecule has 4 nitrogen and oxygen atoms in total. The molecule has 0 bridgehead atoms. The first-order valence-corrected chi connectivity index (χ1v) is 9.06. The van der Waals surface area contributed by atoms with E-state index in [2.05, 4.69) is 41.4 Å². The number of piperidine rings is 1. The standard InChI is InChI=1S/C21H25FN2O2/c1-16-13-19(11-12-24(16)14-17-5-3-2-4-6-17)23-21(25)15-26-20-9-7-18(22)8-10-20/h2-10,16,19H,11-15H2,1H3,(H,23,25)/t16-,19+/m0/s1. The Hall–Kier alpha value is -2.40. The van der Waals surface area contributed by atoms with Crippen molar-refractivity contribution in [2.24, 2.45) is 0 Å². The van der Waals surface area contributed by atoms with Gasteiger partial charge in [0.05, 0.1) is 0 Å². The number of nitrogens with zero attached hydrogens (tertiary/aromatic N) is 1. The smallest absolute Gasteiger partial charge is 0.258 e. The van der Waals surface area contributed by atoms with Crippen LogP contribution < -0.4 is 10.1 Å². The zero-order chi connectivity index (χ0) is 18.4. The van der Waals surface area contributed by atoms with Crippen molar-refractivity contribution in [1.82, 2.24) is 10.2 Å². The number of hydrogen-bond acceptors (Lipinski definition) is 3. The van der Waals surface area contributed by atoms with E-state index in [0.29, 0.717) is 11.8 Å². The third kappa shape index (κ3) is 5.30. The van der Waals surface area contributed by atoms with Crippen LogP contribution in [0.4, 0.5) is 4.39 Å². The van der Waals surface area contributed by atoms with Crippen molar-refractivity contribution < 1.29 is 13.9 Å². The summed E-state index contributed by atoms with van der Waals surface area (Å²) >= 11 is 0. The van der Waals surface area contributed by atoms with Gasteiger partial charge in [0.25, 0.3) is 5.91 Å². The van der Waals surface area contributed by atoms with Gasteiger partial charge in [-0.15, -0.1) is 0 Å². The van der Waals surface area contributed by atoms with E-state index in [4.69, 9.17) is 4.74 Å². The Morgan fingerprint density at radius 3 is 2.62 bits per heavy atom. The van der Waals surface area contributed by atoms with E-state index in [1.807, 2.05) is 6.07 Å². The Morgan fingerprint density at radius 1 is 1.19 bits per heavy atom. The van der Waals surface area contributed by atoms with Crippen LogP contribution in [0.25, 0.3) is 0 Å². The molecule has 138 valence electrons. The third-order valence-corrected chi connectivity index (χ3v) is 4.79. The molecule has 3 rings (SSSR count). The minimum atomic E-state index is -0.321. The van der Waals surface area contributed by atoms with Crippen molar-refractivity contribution >= 4 is 5.91 Å². The van der Waals surface area contributed by atoms with Gasteiger partial charge in [-0.1, -0.05) is 30.3 Å². The first-order chi connectivity index (χ1) is 12.6. The van der Waals surface area contributed by atoms with Crippen LogP contribution >= 0.6 is 0 Å². The summed E-state index contributed by atoms with van der Waals surface area (Å²) in [5.41, 5.74) is 1.31. The Balaban J connectivity index is 1.42. The van der Waals surface area contributed by atoms with E-state index in [1.165, 1.54) is 29.8 Å². The third-order valence-electron chi connectivity index (χ3n) is 4.79. The summed E-state index contributed by atoms with van der Waals surface area (Å²) in [4.78, 5) is 14.6. The maximum absolute atomic E-state index is 12.9. The summed E-state index contributed by atoms with van der Waals surface area (Å²) < 4.78 is 18.3. The summed E-state index contributed by atoms with van der Waals surface area (Å²) in [5, 5.41) is 3.05. The molecule has 0 aliphatic carbocycles. The quantitative estimate of drug-likeness (QED) is 0.863. The molecule has 1 amide bonds. The lowest BCUT2D eigenvalue weighted by atomic mass is 9.97. The van der Waals surface area contributed by atoms with E-state index in [-0.39, 0.29) is 24.4 Å². The SMILES string of the molecule is C[C@H]1C[C@H](NC(=O)COc2ccc(F)cc2)CCN1Cc1ccccc1. The van der Waals surface area contributed by atoms with Gasteiger partial charge >= 0.3 is 0 Å². The number of likely N-dealkylation sites (tertiary alicyclic amines) is 1. The number of ether oxygens (including phenoxy) is 1. The summed E-state index contributed by atoms with van der Waals surface area (Å²) in [6.07, 6.45) is 1.86. The Labute approximate surface area is 154 Å². The normalized spacial score (nSPS) is 20.5. The van der Waals surface area contributed by atoms with Crippen molar-refractivity contribution in [3.05, 3.63) is 66.0 Å². The summed E-state index contributed by atoms with van der Waals surface area (Å²) in [5.74, 6) is 0.0358. The molecule has 2 atom stereocenters. The topological polar surface area (TPSA) is 41.6 Å². The summed E-state index contributed by atoms with van der Waals surface area (Å²) in [7, 11) is 0. The molecule has 1 fully saturated rings. The number of carbonyl (C=O) groups excluding carboxylic acids is 1. The average molecular weight is 356 g/mol. The van der Waals surface area contributed by atoms with Crippen molar-refractivity contribution in [1.29, 1.82) is 0 Å². The van der Waals surface area contributed by atoms with Crippen LogP contribution in [0.15, 0.2) is 54.6 Å². The Morgan fingerprint density at radius 2 is 1.92 bits per heavy atom. The molecule has 2 aromatic rings. The molecule has 0 saturated carbocycles. The minimum Gasteiger partial charge on any atom is -0.484 e. The highest BCUT2D eigenvalue weighted by Gasteiger charge is 2.26. The second kappa shape index (κ2) is 8.81. The first kappa shape index (κ1) is 18.4. The van der Waals surface area contributed by atoms with Gasteiger partial charge in [0.15, 0.2) is 6.61 Å². The van der Waals surface area contributed by atoms with Crippen molar-refractivity contribution in [3.8, 4) is 5.75 Å². The van der Waals surface area contributed by atoms with Crippen LogP contribution in [0.1, 0.15) is 25.3 Å². The fourth-order valence-corrected chi connectivity index (χ4v) is 3.35. The zero-order valence-corrected chi connectivity index (χ0v) is 15.0. The molecule has 0 spiro atoms. The van der Waals surface area contributed by atoms with E-state index < -0.39 is 0 Å². The van der Waals surface area contributed by atoms with Crippen LogP contribution in [0.3, 0.4) is 0 Å². The molecule has 1 aliphatic rings. The number of carbonyl (C=O) groups is 1. The average Bonchev–Trinajstić information content (AvgIpc) is 2.64. The predicted molar refractivity (Wildman–Crippen MR) is 99.4 cm³/mol. The maximum atomic E-state index is 12.9. The minimum absolute atomic E-state index is 0.0513. The molecule has 0 unspecified atom stereocenters. The molecule has 0 radical (unpaired) electrons. The Kier molecular flexibility index (Phi) is 6.23. The van der Waals surface area contributed by atoms with E-state index in [9.17, 15) is 9.18 Å². The van der Waals surface area contributed by atoms with E-state index in [0.717, 1.165) is 25.9 Å². The first-order valence-electron chi connectivity index (χ1n) is 9.06. The van der Waals surface area contributed by atoms with Gasteiger partial charge in [0.2, 0.25) is 0 Å². The lowest BCUT2D eigenvalue weighted by molar-refractivity contribution is -0.124. The Bertz CT molecular complexity index is 706. The van der Waals surface area contributed by atoms with Gasteiger partial charge in [0.1, 0.15) is 11.6 Å². The summed E-state index contributed by atoms with van der Waals surface area (Å²) in [6.45, 7) is 4.05. The lowest BCUT2D eigenvalue weighted by Crippen LogP contribution is -2.49. The van der Waals surface area contributed by atoms with Crippen LogP contribution in [-0.4, -0.2) is 36.0 Å². The number of rotatable bonds is 6. The van der Waals surface area contributed by atoms with Crippen molar-refractivity contribution in [2.45, 2.75) is 38.4 Å². The number of halogens is 1. The van der Waals surface area contributed by atoms with E-state index >= 15 is 0 Å². The van der Waals surface area contributed by atoms with Gasteiger partial charge in [-0.05, 0) is 49.6 Å². The van der Waals surface area contributed by atoms with Crippen LogP contribution in [0, 0.1) is 5.82 Å². The highest BCUT2D eigenvalue weighted by atomic mass is 19.1. The predicted octanol–water partition coefficient (Wildman–Crippen LogP) is 3.37. The summed E-state index contributed by atoms with van der Waals surface area (Å²) in [6, 6.07) is 16.7. The van der Waals surface area contributed by atoms with Gasteiger partial charge in [-0.2, -0.15) is 0 Å². The highest BCUT2D eigenvalue weighted by Crippen LogP contribution is 2.20. The fraction of sp³-hybridized carbons (Fsp3) is 0.381. The van der Waals surface area contributed by atoms with Gasteiger partial charge < -0.3 is 10.1 Å². The maximum Gasteiger partial charge on any atom is 0.258 e. The number of benzene rings is 2. The largest absolute Gasteiger partial charge is 0.484 e. The van der Waals surface area contributed by atoms with Gasteiger partial charge in [-0.25, -0.2) is 4.39 Å².